The summed E-state index contributed by atoms with van der Waals surface area (Å²) in [6, 6.07) is 10.4. The molecule has 4 N–H and O–H groups in total. The van der Waals surface area contributed by atoms with E-state index in [0.29, 0.717) is 5.82 Å². The van der Waals surface area contributed by atoms with E-state index in [0.717, 1.165) is 18.1 Å². The lowest BCUT2D eigenvalue weighted by Crippen LogP contribution is -2.27. The lowest BCUT2D eigenvalue weighted by molar-refractivity contribution is 0.794. The molecule has 0 fully saturated rings. The summed E-state index contributed by atoms with van der Waals surface area (Å²) >= 11 is 0. The van der Waals surface area contributed by atoms with E-state index in [4.69, 9.17) is 5.73 Å². The number of hydrogen-bond donors (Lipinski definition) is 3. The smallest absolute Gasteiger partial charge is 0.155 e. The maximum atomic E-state index is 5.83. The molecule has 3 rings (SSSR count). The highest BCUT2D eigenvalue weighted by Gasteiger charge is 2.21. The van der Waals surface area contributed by atoms with Crippen LogP contribution in [0.2, 0.25) is 0 Å². The zero-order valence-corrected chi connectivity index (χ0v) is 9.22. The Hall–Kier alpha value is -2.30. The Bertz CT molecular complexity index is 526. The lowest BCUT2D eigenvalue weighted by Gasteiger charge is -2.28. The van der Waals surface area contributed by atoms with E-state index < -0.39 is 0 Å². The van der Waals surface area contributed by atoms with Gasteiger partial charge in [0.15, 0.2) is 11.6 Å². The summed E-state index contributed by atoms with van der Waals surface area (Å²) in [6.45, 7) is 0.785. The van der Waals surface area contributed by atoms with Crippen LogP contribution in [0.5, 0.6) is 0 Å². The number of aromatic nitrogens is 2. The molecule has 0 spiro atoms. The van der Waals surface area contributed by atoms with Crippen molar-refractivity contribution in [3.63, 3.8) is 0 Å². The van der Waals surface area contributed by atoms with Crippen LogP contribution in [0.15, 0.2) is 36.7 Å². The van der Waals surface area contributed by atoms with Crippen LogP contribution < -0.4 is 16.4 Å². The average Bonchev–Trinajstić information content (AvgIpc) is 2.40. The molecule has 0 radical (unpaired) electrons. The maximum absolute atomic E-state index is 5.83. The standard InChI is InChI=1S/C12H13N5/c13-11-10-12(16-7-15-11)14-6-9(17-10)8-4-2-1-3-5-8/h1-5,7,9,17H,6H2,(H3,13,14,15,16). The maximum Gasteiger partial charge on any atom is 0.155 e. The predicted molar refractivity (Wildman–Crippen MR) is 67.7 cm³/mol. The molecule has 0 amide bonds. The zero-order chi connectivity index (χ0) is 11.7. The predicted octanol–water partition coefficient (Wildman–Crippen LogP) is 1.64. The Labute approximate surface area is 99.1 Å². The van der Waals surface area contributed by atoms with Crippen molar-refractivity contribution in [1.82, 2.24) is 9.97 Å². The van der Waals surface area contributed by atoms with Gasteiger partial charge in [0.25, 0.3) is 0 Å². The van der Waals surface area contributed by atoms with Crippen molar-refractivity contribution in [3.8, 4) is 0 Å². The fourth-order valence-electron chi connectivity index (χ4n) is 1.99. The van der Waals surface area contributed by atoms with E-state index in [1.54, 1.807) is 0 Å². The van der Waals surface area contributed by atoms with Crippen LogP contribution in [0, 0.1) is 0 Å². The molecule has 1 aromatic carbocycles. The van der Waals surface area contributed by atoms with E-state index >= 15 is 0 Å². The number of hydrogen-bond acceptors (Lipinski definition) is 5. The van der Waals surface area contributed by atoms with Gasteiger partial charge in [-0.1, -0.05) is 30.3 Å². The van der Waals surface area contributed by atoms with E-state index in [9.17, 15) is 0 Å². The number of rotatable bonds is 1. The number of nitrogens with zero attached hydrogens (tertiary/aromatic N) is 2. The first kappa shape index (κ1) is 9.89. The van der Waals surface area contributed by atoms with Gasteiger partial charge >= 0.3 is 0 Å². The van der Waals surface area contributed by atoms with Crippen molar-refractivity contribution in [2.75, 3.05) is 22.9 Å². The van der Waals surface area contributed by atoms with Crippen LogP contribution in [-0.2, 0) is 0 Å². The van der Waals surface area contributed by atoms with Crippen LogP contribution >= 0.6 is 0 Å². The fraction of sp³-hybridized carbons (Fsp3) is 0.167. The van der Waals surface area contributed by atoms with Crippen LogP contribution in [0.1, 0.15) is 11.6 Å². The third-order valence-electron chi connectivity index (χ3n) is 2.87. The first-order chi connectivity index (χ1) is 8.34. The first-order valence-electron chi connectivity index (χ1n) is 5.50. The van der Waals surface area contributed by atoms with Gasteiger partial charge in [0.05, 0.1) is 6.04 Å². The average molecular weight is 227 g/mol. The van der Waals surface area contributed by atoms with Gasteiger partial charge in [-0.15, -0.1) is 0 Å². The van der Waals surface area contributed by atoms with Crippen LogP contribution in [0.4, 0.5) is 17.3 Å². The van der Waals surface area contributed by atoms with E-state index in [1.165, 1.54) is 11.9 Å². The molecule has 5 heteroatoms. The Morgan fingerprint density at radius 3 is 2.82 bits per heavy atom. The minimum atomic E-state index is 0.192. The third-order valence-corrected chi connectivity index (χ3v) is 2.87. The van der Waals surface area contributed by atoms with E-state index in [1.807, 2.05) is 18.2 Å². The van der Waals surface area contributed by atoms with Crippen LogP contribution in [-0.4, -0.2) is 16.5 Å². The molecule has 1 atom stereocenters. The largest absolute Gasteiger partial charge is 0.382 e. The summed E-state index contributed by atoms with van der Waals surface area (Å²) in [7, 11) is 0. The van der Waals surface area contributed by atoms with Crippen molar-refractivity contribution < 1.29 is 0 Å². The third kappa shape index (κ3) is 1.75. The Balaban J connectivity index is 1.93. The highest BCUT2D eigenvalue weighted by Crippen LogP contribution is 2.32. The number of anilines is 3. The highest BCUT2D eigenvalue weighted by atomic mass is 15.2. The molecule has 0 saturated carbocycles. The van der Waals surface area contributed by atoms with Gasteiger partial charge in [0.2, 0.25) is 0 Å². The Kier molecular flexibility index (Phi) is 2.29. The normalized spacial score (nSPS) is 17.8. The minimum Gasteiger partial charge on any atom is -0.382 e. The molecule has 1 aliphatic heterocycles. The molecule has 2 aromatic rings. The number of nitrogens with one attached hydrogen (secondary N) is 2. The minimum absolute atomic E-state index is 0.192. The second kappa shape index (κ2) is 3.93. The molecule has 86 valence electrons. The number of nitrogen functional groups attached to an aromatic ring is 1. The molecule has 1 aliphatic rings. The Morgan fingerprint density at radius 1 is 1.18 bits per heavy atom. The molecule has 5 nitrogen and oxygen atoms in total. The molecular formula is C12H13N5. The van der Waals surface area contributed by atoms with Crippen molar-refractivity contribution in [1.29, 1.82) is 0 Å². The van der Waals surface area contributed by atoms with E-state index in [-0.39, 0.29) is 6.04 Å². The summed E-state index contributed by atoms with van der Waals surface area (Å²) in [5, 5.41) is 6.63. The summed E-state index contributed by atoms with van der Waals surface area (Å²) in [5.41, 5.74) is 7.83. The summed E-state index contributed by atoms with van der Waals surface area (Å²) in [6.07, 6.45) is 1.46. The topological polar surface area (TPSA) is 75.9 Å². The van der Waals surface area contributed by atoms with Gasteiger partial charge in [-0.05, 0) is 5.56 Å². The molecule has 0 saturated heterocycles. The Morgan fingerprint density at radius 2 is 2.00 bits per heavy atom. The van der Waals surface area contributed by atoms with Crippen molar-refractivity contribution in [2.45, 2.75) is 6.04 Å². The molecule has 1 aromatic heterocycles. The van der Waals surface area contributed by atoms with Gasteiger partial charge in [0, 0.05) is 6.54 Å². The summed E-state index contributed by atoms with van der Waals surface area (Å²) in [5.74, 6) is 1.24. The number of nitrogens with two attached hydrogens (primary N) is 1. The summed E-state index contributed by atoms with van der Waals surface area (Å²) < 4.78 is 0. The zero-order valence-electron chi connectivity index (χ0n) is 9.22. The second-order valence-electron chi connectivity index (χ2n) is 3.97. The second-order valence-corrected chi connectivity index (χ2v) is 3.97. The molecule has 0 aliphatic carbocycles. The SMILES string of the molecule is Nc1ncnc2c1NC(c1ccccc1)CN2. The van der Waals surface area contributed by atoms with E-state index in [2.05, 4.69) is 32.7 Å². The van der Waals surface area contributed by atoms with Crippen molar-refractivity contribution in [3.05, 3.63) is 42.2 Å². The monoisotopic (exact) mass is 227 g/mol. The molecular weight excluding hydrogens is 214 g/mol. The van der Waals surface area contributed by atoms with Gasteiger partial charge in [0.1, 0.15) is 12.0 Å². The van der Waals surface area contributed by atoms with Gasteiger partial charge in [-0.25, -0.2) is 9.97 Å². The number of fused-ring (bicyclic) bond motifs is 1. The van der Waals surface area contributed by atoms with Gasteiger partial charge in [-0.2, -0.15) is 0 Å². The first-order valence-corrected chi connectivity index (χ1v) is 5.50. The lowest BCUT2D eigenvalue weighted by atomic mass is 10.1. The van der Waals surface area contributed by atoms with Crippen LogP contribution in [0.25, 0.3) is 0 Å². The van der Waals surface area contributed by atoms with Gasteiger partial charge < -0.3 is 16.4 Å². The highest BCUT2D eigenvalue weighted by molar-refractivity contribution is 5.77. The van der Waals surface area contributed by atoms with Gasteiger partial charge in [-0.3, -0.25) is 0 Å². The molecule has 2 heterocycles. The quantitative estimate of drug-likeness (QED) is 0.690. The van der Waals surface area contributed by atoms with Crippen LogP contribution in [0.3, 0.4) is 0 Å². The summed E-state index contributed by atoms with van der Waals surface area (Å²) in [4.78, 5) is 8.13. The molecule has 17 heavy (non-hydrogen) atoms. The van der Waals surface area contributed by atoms with Crippen molar-refractivity contribution >= 4 is 17.3 Å². The van der Waals surface area contributed by atoms with Crippen molar-refractivity contribution in [2.24, 2.45) is 0 Å². The molecule has 0 bridgehead atoms. The fourth-order valence-corrected chi connectivity index (χ4v) is 1.99. The number of benzene rings is 1. The molecule has 1 unspecified atom stereocenters.